The monoisotopic (exact) mass is 356 g/mol. The van der Waals surface area contributed by atoms with Gasteiger partial charge in [-0.25, -0.2) is 8.78 Å². The topological polar surface area (TPSA) is 91.8 Å². The SMILES string of the molecule is CC(=O)Nc1ccc(Nc2cnnc(Nc3c(F)cccc3F)n2)cc1. The molecule has 1 aromatic heterocycles. The van der Waals surface area contributed by atoms with Crippen LogP contribution < -0.4 is 16.0 Å². The molecule has 0 spiro atoms. The van der Waals surface area contributed by atoms with Crippen LogP contribution in [0.25, 0.3) is 0 Å². The molecular formula is C17H14F2N6O. The van der Waals surface area contributed by atoms with Crippen molar-refractivity contribution >= 4 is 34.7 Å². The van der Waals surface area contributed by atoms with E-state index in [1.54, 1.807) is 24.3 Å². The van der Waals surface area contributed by atoms with Crippen LogP contribution in [0.15, 0.2) is 48.7 Å². The number of aromatic nitrogens is 3. The number of hydrogen-bond acceptors (Lipinski definition) is 6. The fourth-order valence-electron chi connectivity index (χ4n) is 2.13. The third-order valence-corrected chi connectivity index (χ3v) is 3.24. The molecule has 132 valence electrons. The highest BCUT2D eigenvalue weighted by Gasteiger charge is 2.10. The van der Waals surface area contributed by atoms with E-state index < -0.39 is 11.6 Å². The molecule has 0 radical (unpaired) electrons. The number of nitrogens with one attached hydrogen (secondary N) is 3. The highest BCUT2D eigenvalue weighted by Crippen LogP contribution is 2.22. The van der Waals surface area contributed by atoms with Crippen LogP contribution in [0.2, 0.25) is 0 Å². The first-order valence-corrected chi connectivity index (χ1v) is 7.57. The molecule has 1 heterocycles. The van der Waals surface area contributed by atoms with Gasteiger partial charge >= 0.3 is 0 Å². The summed E-state index contributed by atoms with van der Waals surface area (Å²) in [7, 11) is 0. The summed E-state index contributed by atoms with van der Waals surface area (Å²) < 4.78 is 27.4. The van der Waals surface area contributed by atoms with Gasteiger partial charge in [0.25, 0.3) is 0 Å². The van der Waals surface area contributed by atoms with E-state index in [0.29, 0.717) is 17.2 Å². The van der Waals surface area contributed by atoms with Crippen LogP contribution in [-0.2, 0) is 4.79 Å². The lowest BCUT2D eigenvalue weighted by Crippen LogP contribution is -2.06. The first-order chi connectivity index (χ1) is 12.5. The van der Waals surface area contributed by atoms with Crippen molar-refractivity contribution in [1.29, 1.82) is 0 Å². The van der Waals surface area contributed by atoms with Gasteiger partial charge in [0.2, 0.25) is 11.9 Å². The van der Waals surface area contributed by atoms with Gasteiger partial charge in [-0.05, 0) is 36.4 Å². The van der Waals surface area contributed by atoms with Gasteiger partial charge in [0.05, 0.1) is 6.20 Å². The molecule has 0 unspecified atom stereocenters. The molecule has 2 aromatic carbocycles. The molecule has 0 bridgehead atoms. The van der Waals surface area contributed by atoms with Crippen molar-refractivity contribution in [3.63, 3.8) is 0 Å². The Hall–Kier alpha value is -3.62. The van der Waals surface area contributed by atoms with Crippen molar-refractivity contribution < 1.29 is 13.6 Å². The van der Waals surface area contributed by atoms with Crippen LogP contribution in [0, 0.1) is 11.6 Å². The molecule has 0 saturated carbocycles. The largest absolute Gasteiger partial charge is 0.339 e. The number of amides is 1. The van der Waals surface area contributed by atoms with Crippen LogP contribution in [0.5, 0.6) is 0 Å². The second kappa shape index (κ2) is 7.51. The van der Waals surface area contributed by atoms with Crippen LogP contribution in [0.3, 0.4) is 0 Å². The molecular weight excluding hydrogens is 342 g/mol. The molecule has 7 nitrogen and oxygen atoms in total. The molecule has 0 aliphatic rings. The number of hydrogen-bond donors (Lipinski definition) is 3. The number of para-hydroxylation sites is 1. The number of rotatable bonds is 5. The summed E-state index contributed by atoms with van der Waals surface area (Å²) in [6.07, 6.45) is 1.37. The van der Waals surface area contributed by atoms with Crippen molar-refractivity contribution in [2.24, 2.45) is 0 Å². The second-order valence-electron chi connectivity index (χ2n) is 5.27. The average Bonchev–Trinajstić information content (AvgIpc) is 2.60. The molecule has 26 heavy (non-hydrogen) atoms. The molecule has 3 rings (SSSR count). The highest BCUT2D eigenvalue weighted by molar-refractivity contribution is 5.88. The maximum atomic E-state index is 13.7. The average molecular weight is 356 g/mol. The summed E-state index contributed by atoms with van der Waals surface area (Å²) in [6.45, 7) is 1.42. The maximum Gasteiger partial charge on any atom is 0.249 e. The second-order valence-corrected chi connectivity index (χ2v) is 5.27. The van der Waals surface area contributed by atoms with Gasteiger partial charge in [0.15, 0.2) is 5.82 Å². The molecule has 3 aromatic rings. The number of carbonyl (C=O) groups is 1. The van der Waals surface area contributed by atoms with Gasteiger partial charge in [-0.3, -0.25) is 4.79 Å². The summed E-state index contributed by atoms with van der Waals surface area (Å²) in [4.78, 5) is 15.1. The molecule has 3 N–H and O–H groups in total. The summed E-state index contributed by atoms with van der Waals surface area (Å²) in [5.41, 5.74) is 0.981. The summed E-state index contributed by atoms with van der Waals surface area (Å²) in [6, 6.07) is 10.4. The van der Waals surface area contributed by atoms with Crippen LogP contribution in [-0.4, -0.2) is 21.1 Å². The summed E-state index contributed by atoms with van der Waals surface area (Å²) in [5, 5.41) is 15.6. The lowest BCUT2D eigenvalue weighted by molar-refractivity contribution is -0.114. The first kappa shape index (κ1) is 17.2. The molecule has 0 fully saturated rings. The van der Waals surface area contributed by atoms with Crippen LogP contribution in [0.1, 0.15) is 6.92 Å². The smallest absolute Gasteiger partial charge is 0.249 e. The number of nitrogens with zero attached hydrogens (tertiary/aromatic N) is 3. The lowest BCUT2D eigenvalue weighted by Gasteiger charge is -2.09. The Labute approximate surface area is 147 Å². The van der Waals surface area contributed by atoms with E-state index in [-0.39, 0.29) is 17.5 Å². The van der Waals surface area contributed by atoms with Gasteiger partial charge in [0.1, 0.15) is 17.3 Å². The normalized spacial score (nSPS) is 10.3. The fraction of sp³-hybridized carbons (Fsp3) is 0.0588. The van der Waals surface area contributed by atoms with E-state index in [0.717, 1.165) is 12.1 Å². The number of halogens is 2. The van der Waals surface area contributed by atoms with Crippen molar-refractivity contribution in [3.05, 3.63) is 60.3 Å². The van der Waals surface area contributed by atoms with Gasteiger partial charge in [0, 0.05) is 18.3 Å². The maximum absolute atomic E-state index is 13.7. The minimum absolute atomic E-state index is 0.0612. The van der Waals surface area contributed by atoms with Crippen molar-refractivity contribution in [3.8, 4) is 0 Å². The Morgan fingerprint density at radius 3 is 2.27 bits per heavy atom. The quantitative estimate of drug-likeness (QED) is 0.647. The van der Waals surface area contributed by atoms with Crippen LogP contribution in [0.4, 0.5) is 37.6 Å². The molecule has 9 heteroatoms. The number of carbonyl (C=O) groups excluding carboxylic acids is 1. The predicted octanol–water partition coefficient (Wildman–Crippen LogP) is 3.60. The summed E-state index contributed by atoms with van der Waals surface area (Å²) in [5.74, 6) is -1.43. The molecule has 0 aliphatic carbocycles. The molecule has 1 amide bonds. The first-order valence-electron chi connectivity index (χ1n) is 7.57. The fourth-order valence-corrected chi connectivity index (χ4v) is 2.13. The van der Waals surface area contributed by atoms with E-state index in [2.05, 4.69) is 31.1 Å². The predicted molar refractivity (Wildman–Crippen MR) is 93.5 cm³/mol. The van der Waals surface area contributed by atoms with E-state index >= 15 is 0 Å². The molecule has 0 aliphatic heterocycles. The Kier molecular flexibility index (Phi) is 4.97. The minimum Gasteiger partial charge on any atom is -0.339 e. The third kappa shape index (κ3) is 4.26. The van der Waals surface area contributed by atoms with E-state index in [1.165, 1.54) is 19.2 Å². The molecule has 0 saturated heterocycles. The zero-order valence-corrected chi connectivity index (χ0v) is 13.6. The zero-order valence-electron chi connectivity index (χ0n) is 13.6. The zero-order chi connectivity index (χ0) is 18.5. The number of anilines is 5. The van der Waals surface area contributed by atoms with Crippen molar-refractivity contribution in [2.45, 2.75) is 6.92 Å². The van der Waals surface area contributed by atoms with E-state index in [4.69, 9.17) is 0 Å². The van der Waals surface area contributed by atoms with Gasteiger partial charge < -0.3 is 16.0 Å². The molecule has 0 atom stereocenters. The summed E-state index contributed by atoms with van der Waals surface area (Å²) >= 11 is 0. The Morgan fingerprint density at radius 1 is 0.962 bits per heavy atom. The standard InChI is InChI=1S/C17H14F2N6O/c1-10(26)21-11-5-7-12(8-6-11)22-15-9-20-25-17(23-15)24-16-13(18)3-2-4-14(16)19/h2-9H,1H3,(H,21,26)(H2,22,23,24,25). The highest BCUT2D eigenvalue weighted by atomic mass is 19.1. The van der Waals surface area contributed by atoms with Gasteiger partial charge in [-0.1, -0.05) is 6.07 Å². The Balaban J connectivity index is 1.74. The lowest BCUT2D eigenvalue weighted by atomic mass is 10.3. The van der Waals surface area contributed by atoms with Gasteiger partial charge in [-0.15, -0.1) is 5.10 Å². The van der Waals surface area contributed by atoms with Gasteiger partial charge in [-0.2, -0.15) is 10.1 Å². The minimum atomic E-state index is -0.763. The number of benzene rings is 2. The van der Waals surface area contributed by atoms with Crippen molar-refractivity contribution in [1.82, 2.24) is 15.2 Å². The Morgan fingerprint density at radius 2 is 1.62 bits per heavy atom. The van der Waals surface area contributed by atoms with E-state index in [9.17, 15) is 13.6 Å². The van der Waals surface area contributed by atoms with E-state index in [1.807, 2.05) is 0 Å². The Bertz CT molecular complexity index is 913. The van der Waals surface area contributed by atoms with Crippen LogP contribution >= 0.6 is 0 Å². The third-order valence-electron chi connectivity index (χ3n) is 3.24. The van der Waals surface area contributed by atoms with Crippen molar-refractivity contribution in [2.75, 3.05) is 16.0 Å².